The number of ether oxygens (including phenoxy) is 1. The lowest BCUT2D eigenvalue weighted by molar-refractivity contribution is -0.132. The van der Waals surface area contributed by atoms with Gasteiger partial charge in [0.25, 0.3) is 0 Å². The van der Waals surface area contributed by atoms with Gasteiger partial charge in [-0.25, -0.2) is 4.98 Å². The largest absolute Gasteiger partial charge is 0.493 e. The number of nitrogens with zero attached hydrogens (tertiary/aromatic N) is 2. The predicted octanol–water partition coefficient (Wildman–Crippen LogP) is 4.78. The van der Waals surface area contributed by atoms with Crippen molar-refractivity contribution in [2.75, 3.05) is 19.7 Å². The minimum atomic E-state index is 0.175. The highest BCUT2D eigenvalue weighted by atomic mass is 32.1. The van der Waals surface area contributed by atoms with Gasteiger partial charge in [0.1, 0.15) is 5.75 Å². The molecule has 1 amide bonds. The maximum atomic E-state index is 12.6. The van der Waals surface area contributed by atoms with Crippen molar-refractivity contribution >= 4 is 27.5 Å². The summed E-state index contributed by atoms with van der Waals surface area (Å²) >= 11 is 1.76. The van der Waals surface area contributed by atoms with Crippen LogP contribution in [0.3, 0.4) is 0 Å². The molecular weight excluding hydrogens is 356 g/mol. The van der Waals surface area contributed by atoms with Crippen molar-refractivity contribution < 1.29 is 9.53 Å². The molecule has 0 N–H and O–H groups in total. The Hall–Kier alpha value is -2.40. The molecule has 5 heteroatoms. The van der Waals surface area contributed by atoms with Crippen LogP contribution in [0, 0.1) is 6.92 Å². The van der Waals surface area contributed by atoms with E-state index in [-0.39, 0.29) is 5.91 Å². The van der Waals surface area contributed by atoms with Gasteiger partial charge < -0.3 is 9.64 Å². The zero-order valence-corrected chi connectivity index (χ0v) is 16.4. The summed E-state index contributed by atoms with van der Waals surface area (Å²) in [7, 11) is 0. The van der Waals surface area contributed by atoms with Gasteiger partial charge in [-0.2, -0.15) is 0 Å². The van der Waals surface area contributed by atoms with Crippen molar-refractivity contribution in [1.29, 1.82) is 0 Å². The molecule has 2 heterocycles. The molecule has 1 atom stereocenters. The van der Waals surface area contributed by atoms with Gasteiger partial charge in [0.05, 0.1) is 28.3 Å². The molecule has 0 saturated carbocycles. The molecule has 1 aliphatic rings. The lowest BCUT2D eigenvalue weighted by Gasteiger charge is -2.32. The van der Waals surface area contributed by atoms with Crippen molar-refractivity contribution in [3.63, 3.8) is 0 Å². The molecule has 140 valence electrons. The second-order valence-electron chi connectivity index (χ2n) is 7.11. The minimum Gasteiger partial charge on any atom is -0.493 e. The van der Waals surface area contributed by atoms with Gasteiger partial charge in [0.15, 0.2) is 0 Å². The number of hydrogen-bond donors (Lipinski definition) is 0. The number of para-hydroxylation sites is 1. The van der Waals surface area contributed by atoms with Crippen molar-refractivity contribution in [1.82, 2.24) is 9.88 Å². The van der Waals surface area contributed by atoms with Crippen LogP contribution in [0.2, 0.25) is 0 Å². The quantitative estimate of drug-likeness (QED) is 0.640. The topological polar surface area (TPSA) is 42.4 Å². The van der Waals surface area contributed by atoms with Gasteiger partial charge in [-0.1, -0.05) is 24.3 Å². The summed E-state index contributed by atoms with van der Waals surface area (Å²) in [6, 6.07) is 16.2. The second kappa shape index (κ2) is 8.09. The molecule has 27 heavy (non-hydrogen) atoms. The zero-order chi connectivity index (χ0) is 18.6. The number of benzene rings is 2. The summed E-state index contributed by atoms with van der Waals surface area (Å²) in [6.45, 7) is 4.06. The Labute approximate surface area is 163 Å². The second-order valence-corrected chi connectivity index (χ2v) is 8.18. The van der Waals surface area contributed by atoms with E-state index in [1.165, 1.54) is 4.70 Å². The number of aryl methyl sites for hydroxylation is 1. The monoisotopic (exact) mass is 380 g/mol. The van der Waals surface area contributed by atoms with E-state index in [1.54, 1.807) is 11.3 Å². The number of hydrogen-bond acceptors (Lipinski definition) is 4. The third-order valence-corrected chi connectivity index (χ3v) is 6.21. The van der Waals surface area contributed by atoms with Crippen LogP contribution < -0.4 is 4.74 Å². The Morgan fingerprint density at radius 2 is 2.15 bits per heavy atom. The molecule has 1 aromatic heterocycles. The van der Waals surface area contributed by atoms with Crippen molar-refractivity contribution in [3.05, 3.63) is 59.1 Å². The summed E-state index contributed by atoms with van der Waals surface area (Å²) < 4.78 is 6.97. The Morgan fingerprint density at radius 3 is 3.00 bits per heavy atom. The van der Waals surface area contributed by atoms with E-state index in [1.807, 2.05) is 42.2 Å². The van der Waals surface area contributed by atoms with Gasteiger partial charge in [-0.05, 0) is 49.6 Å². The first-order valence-electron chi connectivity index (χ1n) is 9.52. The number of likely N-dealkylation sites (tertiary alicyclic amines) is 1. The Morgan fingerprint density at radius 1 is 1.26 bits per heavy atom. The number of carbonyl (C=O) groups is 1. The molecule has 2 aromatic carbocycles. The lowest BCUT2D eigenvalue weighted by atomic mass is 9.98. The average molecular weight is 381 g/mol. The molecule has 0 radical (unpaired) electrons. The molecule has 0 spiro atoms. The highest BCUT2D eigenvalue weighted by molar-refractivity contribution is 7.18. The minimum absolute atomic E-state index is 0.175. The van der Waals surface area contributed by atoms with Crippen LogP contribution in [0.1, 0.15) is 35.8 Å². The molecule has 3 aromatic rings. The predicted molar refractivity (Wildman–Crippen MR) is 109 cm³/mol. The lowest BCUT2D eigenvalue weighted by Crippen LogP contribution is -2.39. The number of aromatic nitrogens is 1. The van der Waals surface area contributed by atoms with E-state index in [4.69, 9.17) is 9.72 Å². The fourth-order valence-corrected chi connectivity index (χ4v) is 4.68. The highest BCUT2D eigenvalue weighted by Gasteiger charge is 2.26. The molecule has 1 aliphatic heterocycles. The SMILES string of the molecule is Cc1cccc(OCCC(=O)N2CCC[C@@H](c3nc4ccccc4s3)C2)c1. The van der Waals surface area contributed by atoms with E-state index < -0.39 is 0 Å². The molecule has 1 fully saturated rings. The molecule has 0 aliphatic carbocycles. The van der Waals surface area contributed by atoms with Crippen molar-refractivity contribution in [3.8, 4) is 5.75 Å². The van der Waals surface area contributed by atoms with Crippen LogP contribution in [0.5, 0.6) is 5.75 Å². The average Bonchev–Trinajstić information content (AvgIpc) is 3.12. The number of amides is 1. The number of rotatable bonds is 5. The summed E-state index contributed by atoms with van der Waals surface area (Å²) in [6.07, 6.45) is 2.55. The summed E-state index contributed by atoms with van der Waals surface area (Å²) in [5, 5.41) is 1.16. The van der Waals surface area contributed by atoms with Crippen molar-refractivity contribution in [2.45, 2.75) is 32.1 Å². The van der Waals surface area contributed by atoms with Crippen LogP contribution in [-0.2, 0) is 4.79 Å². The van der Waals surface area contributed by atoms with Gasteiger partial charge in [-0.3, -0.25) is 4.79 Å². The Bertz CT molecular complexity index is 904. The highest BCUT2D eigenvalue weighted by Crippen LogP contribution is 2.33. The summed E-state index contributed by atoms with van der Waals surface area (Å²) in [5.74, 6) is 1.35. The zero-order valence-electron chi connectivity index (χ0n) is 15.6. The maximum absolute atomic E-state index is 12.6. The first-order valence-corrected chi connectivity index (χ1v) is 10.3. The molecule has 1 saturated heterocycles. The van der Waals surface area contributed by atoms with Crippen LogP contribution in [0.4, 0.5) is 0 Å². The fraction of sp³-hybridized carbons (Fsp3) is 0.364. The summed E-state index contributed by atoms with van der Waals surface area (Å²) in [5.41, 5.74) is 2.22. The molecule has 0 unspecified atom stereocenters. The number of fused-ring (bicyclic) bond motifs is 1. The Balaban J connectivity index is 1.34. The number of piperidine rings is 1. The molecular formula is C22H24N2O2S. The standard InChI is InChI=1S/C22H24N2O2S/c1-16-6-4-8-18(14-16)26-13-11-21(25)24-12-5-7-17(15-24)22-23-19-9-2-3-10-20(19)27-22/h2-4,6,8-10,14,17H,5,7,11-13,15H2,1H3/t17-/m1/s1. The van der Waals surface area contributed by atoms with Gasteiger partial charge >= 0.3 is 0 Å². The van der Waals surface area contributed by atoms with E-state index >= 15 is 0 Å². The number of carbonyl (C=O) groups excluding carboxylic acids is 1. The Kier molecular flexibility index (Phi) is 5.39. The van der Waals surface area contributed by atoms with E-state index in [9.17, 15) is 4.79 Å². The third kappa shape index (κ3) is 4.30. The first kappa shape index (κ1) is 18.0. The smallest absolute Gasteiger partial charge is 0.226 e. The molecule has 0 bridgehead atoms. The fourth-order valence-electron chi connectivity index (χ4n) is 3.59. The van der Waals surface area contributed by atoms with Crippen molar-refractivity contribution in [2.24, 2.45) is 0 Å². The van der Waals surface area contributed by atoms with Crippen LogP contribution in [0.25, 0.3) is 10.2 Å². The van der Waals surface area contributed by atoms with Crippen LogP contribution in [0.15, 0.2) is 48.5 Å². The summed E-state index contributed by atoms with van der Waals surface area (Å²) in [4.78, 5) is 19.4. The molecule has 4 nitrogen and oxygen atoms in total. The van der Waals surface area contributed by atoms with Gasteiger partial charge in [0.2, 0.25) is 5.91 Å². The van der Waals surface area contributed by atoms with Crippen LogP contribution >= 0.6 is 11.3 Å². The number of thiazole rings is 1. The normalized spacial score (nSPS) is 17.2. The van der Waals surface area contributed by atoms with E-state index in [2.05, 4.69) is 18.2 Å². The van der Waals surface area contributed by atoms with E-state index in [0.717, 1.165) is 47.8 Å². The van der Waals surface area contributed by atoms with Crippen LogP contribution in [-0.4, -0.2) is 35.5 Å². The van der Waals surface area contributed by atoms with Gasteiger partial charge in [-0.15, -0.1) is 11.3 Å². The third-order valence-electron chi connectivity index (χ3n) is 5.01. The maximum Gasteiger partial charge on any atom is 0.226 e. The van der Waals surface area contributed by atoms with Gasteiger partial charge in [0, 0.05) is 19.0 Å². The van der Waals surface area contributed by atoms with E-state index in [0.29, 0.717) is 18.9 Å². The first-order chi connectivity index (χ1) is 13.2. The molecule has 4 rings (SSSR count).